The molecule has 9 nitrogen and oxygen atoms in total. The van der Waals surface area contributed by atoms with Crippen LogP contribution in [0.4, 0.5) is 43.7 Å². The Morgan fingerprint density at radius 3 is 1.59 bits per heavy atom. The maximum absolute atomic E-state index is 13.6. The number of nitrogens with one attached hydrogen (secondary N) is 3. The second kappa shape index (κ2) is 26.6. The largest absolute Gasteiger partial charge is 0.455 e. The van der Waals surface area contributed by atoms with Gasteiger partial charge in [0.05, 0.1) is 24.3 Å². The fraction of sp³-hybridized carbons (Fsp3) is 0.150. The lowest BCUT2D eigenvalue weighted by atomic mass is 10.0. The molecule has 9 aromatic rings. The van der Waals surface area contributed by atoms with Gasteiger partial charge in [0.2, 0.25) is 11.7 Å². The Morgan fingerprint density at radius 2 is 1.04 bits per heavy atom. The molecule has 0 bridgehead atoms. The summed E-state index contributed by atoms with van der Waals surface area (Å²) >= 11 is 5.92. The van der Waals surface area contributed by atoms with Crippen molar-refractivity contribution in [1.82, 2.24) is 15.0 Å². The van der Waals surface area contributed by atoms with Crippen LogP contribution in [0.3, 0.4) is 0 Å². The molecule has 0 saturated carbocycles. The maximum Gasteiger partial charge on any atom is 0.219 e. The van der Waals surface area contributed by atoms with Gasteiger partial charge in [-0.3, -0.25) is 0 Å². The standard InChI is InChI=1S/C23H26N2O.C19H15ClF2N2O.C18H12F4N2O/c1-16(2)20-10-7-18(4)22(13-20)26-21-11-12-23(25-15-21)24-14-19-8-5-17(3)6-9-19;1-12-9-13(20)5-7-18(12)25-14-6-8-19(23-10-14)24-11-15-16(21)3-2-4-17(15)22;19-13-3-1-4-14(20)12(13)10-23-11-7-8-17(24-9-11)25-16-6-2-5-15(21)18(16)22/h5-13,15-16H,14H2,1-4H3,(H,24,25);2-10H,11H2,1H3,(H,23,24);1-9,23H,10H2. The van der Waals surface area contributed by atoms with Crippen molar-refractivity contribution in [2.75, 3.05) is 16.0 Å². The van der Waals surface area contributed by atoms with E-state index in [-0.39, 0.29) is 35.8 Å². The Morgan fingerprint density at radius 1 is 0.474 bits per heavy atom. The lowest BCUT2D eigenvalue weighted by molar-refractivity contribution is 0.405. The van der Waals surface area contributed by atoms with Crippen molar-refractivity contribution in [2.45, 2.75) is 60.2 Å². The van der Waals surface area contributed by atoms with E-state index >= 15 is 0 Å². The van der Waals surface area contributed by atoms with Gasteiger partial charge in [0.1, 0.15) is 57.9 Å². The molecule has 3 N–H and O–H groups in total. The molecule has 76 heavy (non-hydrogen) atoms. The topological polar surface area (TPSA) is 102 Å². The molecule has 9 rings (SSSR count). The minimum atomic E-state index is -1.11. The molecule has 390 valence electrons. The van der Waals surface area contributed by atoms with Crippen molar-refractivity contribution < 1.29 is 40.6 Å². The molecule has 3 aromatic heterocycles. The molecule has 0 amide bonds. The van der Waals surface area contributed by atoms with Gasteiger partial charge in [0.25, 0.3) is 0 Å². The van der Waals surface area contributed by atoms with Crippen LogP contribution in [-0.4, -0.2) is 15.0 Å². The SMILES string of the molecule is Cc1cc(Cl)ccc1Oc1ccc(NCc2c(F)cccc2F)nc1.Cc1ccc(CNc2ccc(Oc3cc(C(C)C)ccc3C)cn2)cc1.Fc1cccc(Oc2ccc(NCc3c(F)cccc3F)cn2)c1F. The summed E-state index contributed by atoms with van der Waals surface area (Å²) in [7, 11) is 0. The van der Waals surface area contributed by atoms with E-state index in [0.29, 0.717) is 33.9 Å². The molecular formula is C60H53ClF6N6O3. The van der Waals surface area contributed by atoms with Crippen LogP contribution in [0.5, 0.6) is 34.6 Å². The number of hydrogen-bond acceptors (Lipinski definition) is 9. The molecule has 0 unspecified atom stereocenters. The summed E-state index contributed by atoms with van der Waals surface area (Å²) in [6.45, 7) is 11.1. The Hall–Kier alpha value is -8.56. The van der Waals surface area contributed by atoms with Crippen LogP contribution >= 0.6 is 11.6 Å². The highest BCUT2D eigenvalue weighted by atomic mass is 35.5. The number of rotatable bonds is 16. The number of hydrogen-bond donors (Lipinski definition) is 3. The van der Waals surface area contributed by atoms with E-state index in [9.17, 15) is 26.3 Å². The molecule has 3 heterocycles. The zero-order chi connectivity index (χ0) is 54.1. The van der Waals surface area contributed by atoms with Crippen LogP contribution in [0.2, 0.25) is 5.02 Å². The van der Waals surface area contributed by atoms with Crippen molar-refractivity contribution in [3.63, 3.8) is 0 Å². The lowest BCUT2D eigenvalue weighted by Crippen LogP contribution is -2.05. The average Bonchev–Trinajstić information content (AvgIpc) is 3.40. The van der Waals surface area contributed by atoms with Gasteiger partial charge < -0.3 is 30.2 Å². The summed E-state index contributed by atoms with van der Waals surface area (Å²) in [5, 5.41) is 9.69. The third kappa shape index (κ3) is 16.0. The van der Waals surface area contributed by atoms with E-state index in [0.717, 1.165) is 41.1 Å². The Balaban J connectivity index is 0.000000166. The predicted molar refractivity (Wildman–Crippen MR) is 287 cm³/mol. The minimum Gasteiger partial charge on any atom is -0.455 e. The molecule has 0 fully saturated rings. The highest BCUT2D eigenvalue weighted by Gasteiger charge is 2.13. The second-order valence-corrected chi connectivity index (χ2v) is 18.0. The molecule has 0 radical (unpaired) electrons. The number of aryl methyl sites for hydroxylation is 3. The van der Waals surface area contributed by atoms with Crippen molar-refractivity contribution in [3.8, 4) is 34.6 Å². The van der Waals surface area contributed by atoms with Crippen molar-refractivity contribution in [2.24, 2.45) is 0 Å². The maximum atomic E-state index is 13.6. The summed E-state index contributed by atoms with van der Waals surface area (Å²) in [6.07, 6.45) is 4.65. The number of anilines is 3. The third-order valence-electron chi connectivity index (χ3n) is 11.4. The smallest absolute Gasteiger partial charge is 0.219 e. The van der Waals surface area contributed by atoms with Gasteiger partial charge in [0.15, 0.2) is 11.6 Å². The van der Waals surface area contributed by atoms with Crippen molar-refractivity contribution >= 4 is 28.9 Å². The zero-order valence-electron chi connectivity index (χ0n) is 42.1. The van der Waals surface area contributed by atoms with Crippen LogP contribution in [-0.2, 0) is 19.6 Å². The van der Waals surface area contributed by atoms with Gasteiger partial charge in [0, 0.05) is 41.9 Å². The first-order valence-electron chi connectivity index (χ1n) is 23.9. The van der Waals surface area contributed by atoms with Gasteiger partial charge in [-0.15, -0.1) is 0 Å². The summed E-state index contributed by atoms with van der Waals surface area (Å²) < 4.78 is 97.9. The van der Waals surface area contributed by atoms with Crippen LogP contribution in [0.15, 0.2) is 170 Å². The predicted octanol–water partition coefficient (Wildman–Crippen LogP) is 17.0. The van der Waals surface area contributed by atoms with E-state index in [1.165, 1.54) is 89.7 Å². The van der Waals surface area contributed by atoms with E-state index in [1.54, 1.807) is 30.5 Å². The molecule has 0 aliphatic heterocycles. The van der Waals surface area contributed by atoms with Gasteiger partial charge >= 0.3 is 0 Å². The molecule has 0 aliphatic carbocycles. The summed E-state index contributed by atoms with van der Waals surface area (Å²) in [4.78, 5) is 12.6. The average molecular weight is 1060 g/mol. The quantitative estimate of drug-likeness (QED) is 0.0817. The summed E-state index contributed by atoms with van der Waals surface area (Å²) in [6, 6.07) is 41.4. The fourth-order valence-electron chi connectivity index (χ4n) is 7.05. The molecule has 0 aliphatic rings. The number of aromatic nitrogens is 3. The monoisotopic (exact) mass is 1050 g/mol. The summed E-state index contributed by atoms with van der Waals surface area (Å²) in [5.41, 5.74) is 6.17. The summed E-state index contributed by atoms with van der Waals surface area (Å²) in [5.74, 6) is -0.196. The first-order chi connectivity index (χ1) is 36.6. The van der Waals surface area contributed by atoms with Gasteiger partial charge in [-0.25, -0.2) is 36.9 Å². The highest BCUT2D eigenvalue weighted by molar-refractivity contribution is 6.30. The number of pyridine rings is 3. The first-order valence-corrected chi connectivity index (χ1v) is 24.3. The van der Waals surface area contributed by atoms with E-state index < -0.39 is 34.9 Å². The minimum absolute atomic E-state index is 0.00199. The zero-order valence-corrected chi connectivity index (χ0v) is 42.8. The van der Waals surface area contributed by atoms with E-state index in [2.05, 4.69) is 101 Å². The third-order valence-corrected chi connectivity index (χ3v) is 11.7. The lowest BCUT2D eigenvalue weighted by Gasteiger charge is -2.13. The molecule has 0 spiro atoms. The van der Waals surface area contributed by atoms with Crippen molar-refractivity contribution in [3.05, 3.63) is 249 Å². The van der Waals surface area contributed by atoms with Crippen LogP contribution in [0.25, 0.3) is 0 Å². The van der Waals surface area contributed by atoms with Crippen molar-refractivity contribution in [1.29, 1.82) is 0 Å². The van der Waals surface area contributed by atoms with E-state index in [1.807, 2.05) is 25.1 Å². The number of nitrogens with zero attached hydrogens (tertiary/aromatic N) is 3. The molecule has 0 atom stereocenters. The Kier molecular flexibility index (Phi) is 19.3. The molecule has 16 heteroatoms. The number of benzene rings is 6. The number of halogens is 7. The second-order valence-electron chi connectivity index (χ2n) is 17.5. The number of ether oxygens (including phenoxy) is 3. The van der Waals surface area contributed by atoms with E-state index in [4.69, 9.17) is 25.8 Å². The first kappa shape index (κ1) is 55.2. The van der Waals surface area contributed by atoms with Crippen LogP contribution in [0, 0.1) is 55.7 Å². The Bertz CT molecular complexity index is 3290. The van der Waals surface area contributed by atoms with Crippen LogP contribution in [0.1, 0.15) is 58.7 Å². The Labute approximate surface area is 442 Å². The molecule has 6 aromatic carbocycles. The van der Waals surface area contributed by atoms with Gasteiger partial charge in [-0.2, -0.15) is 4.39 Å². The highest BCUT2D eigenvalue weighted by Crippen LogP contribution is 2.31. The van der Waals surface area contributed by atoms with Crippen LogP contribution < -0.4 is 30.2 Å². The molecule has 0 saturated heterocycles. The van der Waals surface area contributed by atoms with Gasteiger partial charge in [-0.05, 0) is 140 Å². The normalized spacial score (nSPS) is 10.6. The fourth-order valence-corrected chi connectivity index (χ4v) is 7.28. The van der Waals surface area contributed by atoms with Gasteiger partial charge in [-0.1, -0.05) is 85.6 Å². The molecular weight excluding hydrogens is 1000 g/mol.